The summed E-state index contributed by atoms with van der Waals surface area (Å²) in [6.45, 7) is 0. The van der Waals surface area contributed by atoms with Gasteiger partial charge in [0.15, 0.2) is 8.07 Å². The summed E-state index contributed by atoms with van der Waals surface area (Å²) >= 11 is 0. The molecule has 5 aromatic carbocycles. The summed E-state index contributed by atoms with van der Waals surface area (Å²) in [4.78, 5) is 0. The molecule has 32 heavy (non-hydrogen) atoms. The maximum Gasteiger partial charge on any atom is 0.180 e. The molecule has 0 aromatic heterocycles. The molecule has 0 spiro atoms. The molecule has 0 bridgehead atoms. The molecule has 0 nitrogen and oxygen atoms in total. The fourth-order valence-electron chi connectivity index (χ4n) is 6.07. The molecule has 0 saturated carbocycles. The quantitative estimate of drug-likeness (QED) is 0.357. The average molecular weight is 423 g/mol. The number of hydrogen-bond acceptors (Lipinski definition) is 0. The van der Waals surface area contributed by atoms with Crippen molar-refractivity contribution in [1.82, 2.24) is 0 Å². The lowest BCUT2D eigenvalue weighted by atomic mass is 9.99. The highest BCUT2D eigenvalue weighted by molar-refractivity contribution is 7.22. The Morgan fingerprint density at radius 3 is 1.72 bits per heavy atom. The molecule has 1 heterocycles. The Morgan fingerprint density at radius 1 is 0.406 bits per heavy atom. The van der Waals surface area contributed by atoms with E-state index in [1.165, 1.54) is 54.1 Å². The van der Waals surface area contributed by atoms with Crippen LogP contribution in [0.4, 0.5) is 0 Å². The van der Waals surface area contributed by atoms with Crippen molar-refractivity contribution in [2.24, 2.45) is 0 Å². The van der Waals surface area contributed by atoms with Gasteiger partial charge in [-0.3, -0.25) is 0 Å². The highest BCUT2D eigenvalue weighted by atomic mass is 28.3. The van der Waals surface area contributed by atoms with Gasteiger partial charge in [0.1, 0.15) is 0 Å². The third-order valence-electron chi connectivity index (χ3n) is 7.37. The van der Waals surface area contributed by atoms with E-state index in [-0.39, 0.29) is 0 Å². The van der Waals surface area contributed by atoms with Gasteiger partial charge in [0.05, 0.1) is 0 Å². The summed E-state index contributed by atoms with van der Waals surface area (Å²) in [5.74, 6) is 0. The van der Waals surface area contributed by atoms with Crippen LogP contribution in [0.2, 0.25) is 0 Å². The zero-order chi connectivity index (χ0) is 21.1. The topological polar surface area (TPSA) is 0 Å². The second-order valence-electron chi connectivity index (χ2n) is 8.92. The van der Waals surface area contributed by atoms with Crippen molar-refractivity contribution in [2.45, 2.75) is 6.42 Å². The van der Waals surface area contributed by atoms with Crippen LogP contribution in [-0.2, 0) is 6.42 Å². The molecule has 0 radical (unpaired) electrons. The van der Waals surface area contributed by atoms with E-state index in [9.17, 15) is 0 Å². The van der Waals surface area contributed by atoms with E-state index in [0.717, 1.165) is 6.42 Å². The predicted molar refractivity (Wildman–Crippen MR) is 137 cm³/mol. The molecule has 0 N–H and O–H groups in total. The number of benzene rings is 5. The second kappa shape index (κ2) is 6.66. The minimum absolute atomic E-state index is 1.03. The third kappa shape index (κ3) is 2.26. The van der Waals surface area contributed by atoms with E-state index in [1.807, 2.05) is 0 Å². The molecular weight excluding hydrogens is 400 g/mol. The van der Waals surface area contributed by atoms with E-state index in [4.69, 9.17) is 0 Å². The van der Waals surface area contributed by atoms with Gasteiger partial charge >= 0.3 is 0 Å². The van der Waals surface area contributed by atoms with Crippen molar-refractivity contribution in [3.63, 3.8) is 0 Å². The van der Waals surface area contributed by atoms with Gasteiger partial charge in [-0.05, 0) is 60.5 Å². The molecule has 150 valence electrons. The molecule has 1 aliphatic heterocycles. The lowest BCUT2D eigenvalue weighted by Gasteiger charge is -2.31. The third-order valence-corrected chi connectivity index (χ3v) is 12.2. The second-order valence-corrected chi connectivity index (χ2v) is 12.6. The molecule has 0 fully saturated rings. The minimum Gasteiger partial charge on any atom is -0.0623 e. The number of rotatable bonds is 2. The monoisotopic (exact) mass is 422 g/mol. The van der Waals surface area contributed by atoms with Gasteiger partial charge < -0.3 is 0 Å². The van der Waals surface area contributed by atoms with Crippen molar-refractivity contribution >= 4 is 28.8 Å². The Kier molecular flexibility index (Phi) is 3.73. The SMILES string of the molecule is c1ccc([Si]2(c3ccccc3)c3ccccc3-c3cc4c(cc32)-c2ccccc2C4)cc1. The zero-order valence-corrected chi connectivity index (χ0v) is 18.8. The van der Waals surface area contributed by atoms with Gasteiger partial charge in [-0.15, -0.1) is 0 Å². The van der Waals surface area contributed by atoms with Gasteiger partial charge in [-0.25, -0.2) is 0 Å². The predicted octanol–water partition coefficient (Wildman–Crippen LogP) is 4.62. The highest BCUT2D eigenvalue weighted by Crippen LogP contribution is 2.40. The Balaban J connectivity index is 1.64. The first-order valence-corrected chi connectivity index (χ1v) is 13.3. The lowest BCUT2D eigenvalue weighted by molar-refractivity contribution is 1.27. The van der Waals surface area contributed by atoms with Gasteiger partial charge in [-0.2, -0.15) is 0 Å². The molecule has 2 aliphatic rings. The summed E-state index contributed by atoms with van der Waals surface area (Å²) in [5.41, 5.74) is 8.60. The van der Waals surface area contributed by atoms with E-state index in [2.05, 4.69) is 121 Å². The molecule has 1 aliphatic carbocycles. The molecular formula is C31H22Si. The normalized spacial score (nSPS) is 14.4. The maximum atomic E-state index is 2.56. The Labute approximate surface area is 189 Å². The van der Waals surface area contributed by atoms with Gasteiger partial charge in [0.25, 0.3) is 0 Å². The van der Waals surface area contributed by atoms with Crippen LogP contribution < -0.4 is 20.7 Å². The summed E-state index contributed by atoms with van der Waals surface area (Å²) < 4.78 is 0. The number of hydrogen-bond donors (Lipinski definition) is 0. The van der Waals surface area contributed by atoms with Crippen LogP contribution in [0.15, 0.2) is 121 Å². The summed E-state index contributed by atoms with van der Waals surface area (Å²) in [6, 6.07) is 45.6. The van der Waals surface area contributed by atoms with Crippen molar-refractivity contribution in [2.75, 3.05) is 0 Å². The maximum absolute atomic E-state index is 2.56. The first kappa shape index (κ1) is 17.9. The molecule has 5 aromatic rings. The van der Waals surface area contributed by atoms with E-state index >= 15 is 0 Å². The van der Waals surface area contributed by atoms with Crippen LogP contribution in [0.5, 0.6) is 0 Å². The summed E-state index contributed by atoms with van der Waals surface area (Å²) in [5, 5.41) is 5.98. The molecule has 7 rings (SSSR count). The van der Waals surface area contributed by atoms with Gasteiger partial charge in [0.2, 0.25) is 0 Å². The van der Waals surface area contributed by atoms with Crippen molar-refractivity contribution in [3.8, 4) is 22.3 Å². The highest BCUT2D eigenvalue weighted by Gasteiger charge is 2.49. The van der Waals surface area contributed by atoms with E-state index < -0.39 is 8.07 Å². The first-order chi connectivity index (χ1) is 15.9. The van der Waals surface area contributed by atoms with E-state index in [0.29, 0.717) is 0 Å². The van der Waals surface area contributed by atoms with Gasteiger partial charge in [0, 0.05) is 0 Å². The first-order valence-electron chi connectivity index (χ1n) is 11.3. The van der Waals surface area contributed by atoms with Crippen LogP contribution in [0.1, 0.15) is 11.1 Å². The fraction of sp³-hybridized carbons (Fsp3) is 0.0323. The van der Waals surface area contributed by atoms with Crippen LogP contribution in [-0.4, -0.2) is 8.07 Å². The Morgan fingerprint density at radius 2 is 1.00 bits per heavy atom. The average Bonchev–Trinajstić information content (AvgIpc) is 3.37. The zero-order valence-electron chi connectivity index (χ0n) is 17.8. The van der Waals surface area contributed by atoms with Crippen molar-refractivity contribution in [3.05, 3.63) is 132 Å². The van der Waals surface area contributed by atoms with Crippen LogP contribution in [0.3, 0.4) is 0 Å². The van der Waals surface area contributed by atoms with Crippen LogP contribution in [0, 0.1) is 0 Å². The van der Waals surface area contributed by atoms with Crippen LogP contribution in [0.25, 0.3) is 22.3 Å². The number of fused-ring (bicyclic) bond motifs is 6. The fourth-order valence-corrected chi connectivity index (χ4v) is 11.3. The Hall–Kier alpha value is -3.68. The molecule has 0 atom stereocenters. The van der Waals surface area contributed by atoms with E-state index in [1.54, 1.807) is 0 Å². The summed E-state index contributed by atoms with van der Waals surface area (Å²) in [6.07, 6.45) is 1.03. The van der Waals surface area contributed by atoms with Gasteiger partial charge in [-0.1, -0.05) is 121 Å². The Bertz CT molecular complexity index is 1440. The summed E-state index contributed by atoms with van der Waals surface area (Å²) in [7, 11) is -2.39. The largest absolute Gasteiger partial charge is 0.180 e. The smallest absolute Gasteiger partial charge is 0.0623 e. The molecule has 1 heteroatoms. The van der Waals surface area contributed by atoms with Crippen molar-refractivity contribution in [1.29, 1.82) is 0 Å². The molecule has 0 unspecified atom stereocenters. The standard InChI is InChI=1S/C31H22Si/c1-3-12-24(13-4-1)32(25-14-5-2-6-15-25)30-18-10-9-17-27(30)29-20-23-19-22-11-7-8-16-26(22)28(23)21-31(29)32/h1-18,20-21H,19H2. The lowest BCUT2D eigenvalue weighted by Crippen LogP contribution is -2.72. The molecule has 0 saturated heterocycles. The van der Waals surface area contributed by atoms with Crippen LogP contribution >= 0.6 is 0 Å². The minimum atomic E-state index is -2.39. The molecule has 0 amide bonds. The van der Waals surface area contributed by atoms with Crippen molar-refractivity contribution < 1.29 is 0 Å².